The van der Waals surface area contributed by atoms with Crippen molar-refractivity contribution >= 4 is 5.91 Å². The molecular weight excluding hydrogens is 188 g/mol. The second-order valence-electron chi connectivity index (χ2n) is 4.73. The highest BCUT2D eigenvalue weighted by molar-refractivity contribution is 5.76. The SMILES string of the molecule is CC(C)N(C(=O)CCCN)C1CCCC1. The zero-order valence-corrected chi connectivity index (χ0v) is 10.0. The molecule has 0 radical (unpaired) electrons. The Bertz CT molecular complexity index is 198. The molecule has 15 heavy (non-hydrogen) atoms. The zero-order chi connectivity index (χ0) is 11.3. The van der Waals surface area contributed by atoms with E-state index in [1.54, 1.807) is 0 Å². The van der Waals surface area contributed by atoms with Crippen LogP contribution in [-0.2, 0) is 4.79 Å². The maximum atomic E-state index is 12.0. The Labute approximate surface area is 93.0 Å². The summed E-state index contributed by atoms with van der Waals surface area (Å²) in [5.41, 5.74) is 5.44. The second kappa shape index (κ2) is 6.11. The summed E-state index contributed by atoms with van der Waals surface area (Å²) in [5.74, 6) is 0.294. The van der Waals surface area contributed by atoms with Gasteiger partial charge in [-0.2, -0.15) is 0 Å². The van der Waals surface area contributed by atoms with Crippen molar-refractivity contribution in [3.63, 3.8) is 0 Å². The molecule has 1 amide bonds. The highest BCUT2D eigenvalue weighted by Crippen LogP contribution is 2.25. The largest absolute Gasteiger partial charge is 0.337 e. The Morgan fingerprint density at radius 2 is 2.00 bits per heavy atom. The van der Waals surface area contributed by atoms with Crippen LogP contribution >= 0.6 is 0 Å². The van der Waals surface area contributed by atoms with Crippen LogP contribution in [0.2, 0.25) is 0 Å². The van der Waals surface area contributed by atoms with Crippen LogP contribution in [0.1, 0.15) is 52.4 Å². The number of hydrogen-bond acceptors (Lipinski definition) is 2. The molecule has 0 atom stereocenters. The fourth-order valence-corrected chi connectivity index (χ4v) is 2.48. The zero-order valence-electron chi connectivity index (χ0n) is 10.0. The fourth-order valence-electron chi connectivity index (χ4n) is 2.48. The standard InChI is InChI=1S/C12H24N2O/c1-10(2)14(11-6-3-4-7-11)12(15)8-5-9-13/h10-11H,3-9,13H2,1-2H3. The van der Waals surface area contributed by atoms with E-state index in [4.69, 9.17) is 5.73 Å². The van der Waals surface area contributed by atoms with Gasteiger partial charge in [-0.25, -0.2) is 0 Å². The van der Waals surface area contributed by atoms with Gasteiger partial charge in [-0.3, -0.25) is 4.79 Å². The van der Waals surface area contributed by atoms with Crippen LogP contribution in [0.25, 0.3) is 0 Å². The van der Waals surface area contributed by atoms with Crippen molar-refractivity contribution in [2.75, 3.05) is 6.54 Å². The number of carbonyl (C=O) groups excluding carboxylic acids is 1. The van der Waals surface area contributed by atoms with E-state index in [9.17, 15) is 4.79 Å². The molecule has 1 rings (SSSR count). The smallest absolute Gasteiger partial charge is 0.223 e. The Kier molecular flexibility index (Phi) is 5.09. The maximum Gasteiger partial charge on any atom is 0.223 e. The van der Waals surface area contributed by atoms with Crippen molar-refractivity contribution in [2.45, 2.75) is 64.5 Å². The molecule has 0 heterocycles. The third-order valence-corrected chi connectivity index (χ3v) is 3.16. The summed E-state index contributed by atoms with van der Waals surface area (Å²) in [6.45, 7) is 4.83. The molecule has 0 aromatic carbocycles. The van der Waals surface area contributed by atoms with Crippen molar-refractivity contribution < 1.29 is 4.79 Å². The minimum absolute atomic E-state index is 0.294. The third-order valence-electron chi connectivity index (χ3n) is 3.16. The van der Waals surface area contributed by atoms with E-state index in [2.05, 4.69) is 18.7 Å². The third kappa shape index (κ3) is 3.49. The van der Waals surface area contributed by atoms with E-state index >= 15 is 0 Å². The average molecular weight is 212 g/mol. The molecule has 1 saturated carbocycles. The molecule has 0 spiro atoms. The van der Waals surface area contributed by atoms with Gasteiger partial charge in [0.25, 0.3) is 0 Å². The molecule has 0 aromatic rings. The van der Waals surface area contributed by atoms with Gasteiger partial charge >= 0.3 is 0 Å². The van der Waals surface area contributed by atoms with Crippen LogP contribution in [0.4, 0.5) is 0 Å². The van der Waals surface area contributed by atoms with Crippen molar-refractivity contribution in [2.24, 2.45) is 5.73 Å². The molecule has 3 heteroatoms. The molecule has 3 nitrogen and oxygen atoms in total. The van der Waals surface area contributed by atoms with Crippen LogP contribution in [0.5, 0.6) is 0 Å². The summed E-state index contributed by atoms with van der Waals surface area (Å²) in [7, 11) is 0. The molecule has 0 aliphatic heterocycles. The van der Waals surface area contributed by atoms with Crippen LogP contribution in [0.3, 0.4) is 0 Å². The van der Waals surface area contributed by atoms with Crippen molar-refractivity contribution in [3.8, 4) is 0 Å². The van der Waals surface area contributed by atoms with Gasteiger partial charge < -0.3 is 10.6 Å². The highest BCUT2D eigenvalue weighted by atomic mass is 16.2. The highest BCUT2D eigenvalue weighted by Gasteiger charge is 2.27. The number of nitrogens with two attached hydrogens (primary N) is 1. The van der Waals surface area contributed by atoms with Gasteiger partial charge in [-0.05, 0) is 39.7 Å². The molecule has 2 N–H and O–H groups in total. The first-order valence-electron chi connectivity index (χ1n) is 6.18. The Morgan fingerprint density at radius 1 is 1.40 bits per heavy atom. The summed E-state index contributed by atoms with van der Waals surface area (Å²) in [6.07, 6.45) is 6.36. The molecule has 1 fully saturated rings. The summed E-state index contributed by atoms with van der Waals surface area (Å²) in [6, 6.07) is 0.827. The van der Waals surface area contributed by atoms with E-state index < -0.39 is 0 Å². The van der Waals surface area contributed by atoms with Crippen LogP contribution in [0.15, 0.2) is 0 Å². The predicted molar refractivity (Wildman–Crippen MR) is 62.5 cm³/mol. The Hall–Kier alpha value is -0.570. The molecular formula is C12H24N2O. The lowest BCUT2D eigenvalue weighted by Crippen LogP contribution is -2.43. The fraction of sp³-hybridized carbons (Fsp3) is 0.917. The second-order valence-corrected chi connectivity index (χ2v) is 4.73. The number of carbonyl (C=O) groups is 1. The van der Waals surface area contributed by atoms with Gasteiger partial charge in [-0.15, -0.1) is 0 Å². The quantitative estimate of drug-likeness (QED) is 0.756. The lowest BCUT2D eigenvalue weighted by atomic mass is 10.1. The Balaban J connectivity index is 2.52. The number of nitrogens with zero attached hydrogens (tertiary/aromatic N) is 1. The van der Waals surface area contributed by atoms with Gasteiger partial charge in [0, 0.05) is 18.5 Å². The van der Waals surface area contributed by atoms with E-state index in [1.165, 1.54) is 25.7 Å². The van der Waals surface area contributed by atoms with E-state index in [0.717, 1.165) is 6.42 Å². The molecule has 1 aliphatic carbocycles. The van der Waals surface area contributed by atoms with Gasteiger partial charge in [0.05, 0.1) is 0 Å². The van der Waals surface area contributed by atoms with Crippen molar-refractivity contribution in [3.05, 3.63) is 0 Å². The minimum Gasteiger partial charge on any atom is -0.337 e. The van der Waals surface area contributed by atoms with E-state index in [0.29, 0.717) is 31.0 Å². The van der Waals surface area contributed by atoms with Crippen LogP contribution in [-0.4, -0.2) is 29.4 Å². The molecule has 0 saturated heterocycles. The molecule has 0 aromatic heterocycles. The van der Waals surface area contributed by atoms with Crippen molar-refractivity contribution in [1.29, 1.82) is 0 Å². The van der Waals surface area contributed by atoms with E-state index in [1.807, 2.05) is 0 Å². The summed E-state index contributed by atoms with van der Waals surface area (Å²) in [4.78, 5) is 14.1. The van der Waals surface area contributed by atoms with Crippen LogP contribution in [0, 0.1) is 0 Å². The summed E-state index contributed by atoms with van der Waals surface area (Å²) < 4.78 is 0. The predicted octanol–water partition coefficient (Wildman–Crippen LogP) is 1.90. The molecule has 0 unspecified atom stereocenters. The summed E-state index contributed by atoms with van der Waals surface area (Å²) >= 11 is 0. The lowest BCUT2D eigenvalue weighted by molar-refractivity contribution is -0.135. The molecule has 88 valence electrons. The topological polar surface area (TPSA) is 46.3 Å². The first kappa shape index (κ1) is 12.5. The molecule has 1 aliphatic rings. The minimum atomic E-state index is 0.294. The first-order chi connectivity index (χ1) is 7.16. The van der Waals surface area contributed by atoms with Gasteiger partial charge in [0.15, 0.2) is 0 Å². The van der Waals surface area contributed by atoms with Gasteiger partial charge in [0.2, 0.25) is 5.91 Å². The van der Waals surface area contributed by atoms with E-state index in [-0.39, 0.29) is 0 Å². The maximum absolute atomic E-state index is 12.0. The number of rotatable bonds is 5. The van der Waals surface area contributed by atoms with Gasteiger partial charge in [-0.1, -0.05) is 12.8 Å². The van der Waals surface area contributed by atoms with Crippen LogP contribution < -0.4 is 5.73 Å². The average Bonchev–Trinajstić information content (AvgIpc) is 2.67. The molecule has 0 bridgehead atoms. The van der Waals surface area contributed by atoms with Gasteiger partial charge in [0.1, 0.15) is 0 Å². The summed E-state index contributed by atoms with van der Waals surface area (Å²) in [5, 5.41) is 0. The number of hydrogen-bond donors (Lipinski definition) is 1. The normalized spacial score (nSPS) is 17.3. The number of amides is 1. The monoisotopic (exact) mass is 212 g/mol. The lowest BCUT2D eigenvalue weighted by Gasteiger charge is -2.33. The van der Waals surface area contributed by atoms with Crippen molar-refractivity contribution in [1.82, 2.24) is 4.90 Å². The first-order valence-corrected chi connectivity index (χ1v) is 6.18. The Morgan fingerprint density at radius 3 is 2.47 bits per heavy atom.